The van der Waals surface area contributed by atoms with Crippen LogP contribution in [0.4, 0.5) is 0 Å². The van der Waals surface area contributed by atoms with Crippen molar-refractivity contribution >= 4 is 17.2 Å². The van der Waals surface area contributed by atoms with E-state index in [0.717, 1.165) is 35.7 Å². The number of benzene rings is 1. The number of hydrogen-bond donors (Lipinski definition) is 3. The zero-order valence-electron chi connectivity index (χ0n) is 20.2. The van der Waals surface area contributed by atoms with Gasteiger partial charge < -0.3 is 20.4 Å². The number of hydrogen-bond acceptors (Lipinski definition) is 6. The van der Waals surface area contributed by atoms with Crippen LogP contribution in [-0.4, -0.2) is 65.9 Å². The highest BCUT2D eigenvalue weighted by Gasteiger charge is 2.59. The minimum absolute atomic E-state index is 0.0424. The van der Waals surface area contributed by atoms with Gasteiger partial charge in [0.05, 0.1) is 18.4 Å². The van der Waals surface area contributed by atoms with E-state index in [-0.39, 0.29) is 29.8 Å². The highest BCUT2D eigenvalue weighted by atomic mass is 32.1. The van der Waals surface area contributed by atoms with Crippen molar-refractivity contribution in [1.82, 2.24) is 15.2 Å². The summed E-state index contributed by atoms with van der Waals surface area (Å²) in [7, 11) is 3.99. The summed E-state index contributed by atoms with van der Waals surface area (Å²) in [6.45, 7) is 5.61. The number of fused-ring (bicyclic) bond motifs is 2. The number of amides is 1. The second-order valence-electron chi connectivity index (χ2n) is 10.6. The lowest BCUT2D eigenvalue weighted by atomic mass is 9.47. The number of aliphatic hydroxyl groups excluding tert-OH is 2. The van der Waals surface area contributed by atoms with Crippen molar-refractivity contribution in [3.8, 4) is 10.6 Å². The van der Waals surface area contributed by atoms with Crippen LogP contribution in [0.25, 0.3) is 10.6 Å². The van der Waals surface area contributed by atoms with E-state index in [1.807, 2.05) is 39.2 Å². The topological polar surface area (TPSA) is 85.7 Å². The van der Waals surface area contributed by atoms with Crippen LogP contribution in [0.15, 0.2) is 30.3 Å². The molecule has 1 aromatic carbocycles. The summed E-state index contributed by atoms with van der Waals surface area (Å²) >= 11 is 1.70. The number of thiazole rings is 1. The molecule has 1 heterocycles. The number of nitrogens with zero attached hydrogens (tertiary/aromatic N) is 2. The molecule has 180 valence electrons. The summed E-state index contributed by atoms with van der Waals surface area (Å²) in [5, 5.41) is 25.3. The lowest BCUT2D eigenvalue weighted by Crippen LogP contribution is -2.57. The van der Waals surface area contributed by atoms with E-state index in [1.165, 1.54) is 4.88 Å². The van der Waals surface area contributed by atoms with Crippen LogP contribution in [0.3, 0.4) is 0 Å². The van der Waals surface area contributed by atoms with Gasteiger partial charge in [0.15, 0.2) is 0 Å². The monoisotopic (exact) mass is 471 g/mol. The van der Waals surface area contributed by atoms with Crippen molar-refractivity contribution in [2.75, 3.05) is 33.8 Å². The van der Waals surface area contributed by atoms with Crippen molar-refractivity contribution in [2.45, 2.75) is 51.6 Å². The highest BCUT2D eigenvalue weighted by Crippen LogP contribution is 2.62. The quantitative estimate of drug-likeness (QED) is 0.577. The summed E-state index contributed by atoms with van der Waals surface area (Å²) in [5.41, 5.74) is 1.31. The molecule has 0 saturated heterocycles. The molecule has 2 aromatic rings. The van der Waals surface area contributed by atoms with E-state index in [0.29, 0.717) is 19.4 Å². The van der Waals surface area contributed by atoms with Crippen molar-refractivity contribution < 1.29 is 15.0 Å². The smallest absolute Gasteiger partial charge is 0.220 e. The van der Waals surface area contributed by atoms with Gasteiger partial charge in [0.1, 0.15) is 5.01 Å². The van der Waals surface area contributed by atoms with Gasteiger partial charge in [0.2, 0.25) is 5.91 Å². The van der Waals surface area contributed by atoms with Crippen LogP contribution in [-0.2, 0) is 11.2 Å². The maximum Gasteiger partial charge on any atom is 0.220 e. The third-order valence-electron chi connectivity index (χ3n) is 8.19. The van der Waals surface area contributed by atoms with Crippen LogP contribution in [0, 0.1) is 16.7 Å². The maximum absolute atomic E-state index is 13.0. The molecule has 0 bridgehead atoms. The normalized spacial score (nSPS) is 31.2. The molecule has 7 heteroatoms. The molecule has 1 fully saturated rings. The second kappa shape index (κ2) is 9.45. The molecule has 0 aliphatic heterocycles. The molecule has 4 rings (SSSR count). The summed E-state index contributed by atoms with van der Waals surface area (Å²) in [4.78, 5) is 21.4. The summed E-state index contributed by atoms with van der Waals surface area (Å²) in [6, 6.07) is 10.2. The number of carbonyl (C=O) groups excluding carboxylic acids is 1. The van der Waals surface area contributed by atoms with Gasteiger partial charge in [-0.1, -0.05) is 44.2 Å². The zero-order chi connectivity index (χ0) is 23.8. The summed E-state index contributed by atoms with van der Waals surface area (Å²) in [5.74, 6) is 0.0772. The van der Waals surface area contributed by atoms with Crippen LogP contribution >= 0.6 is 11.3 Å². The van der Waals surface area contributed by atoms with Crippen LogP contribution < -0.4 is 5.32 Å². The molecule has 1 saturated carbocycles. The van der Waals surface area contributed by atoms with Crippen molar-refractivity contribution in [3.05, 3.63) is 40.9 Å². The third-order valence-corrected chi connectivity index (χ3v) is 9.33. The molecule has 0 radical (unpaired) electrons. The Labute approximate surface area is 201 Å². The fourth-order valence-corrected chi connectivity index (χ4v) is 7.20. The van der Waals surface area contributed by atoms with Gasteiger partial charge in [-0.15, -0.1) is 11.3 Å². The molecule has 1 amide bonds. The Bertz CT molecular complexity index is 978. The fourth-order valence-electron chi connectivity index (χ4n) is 6.03. The minimum Gasteiger partial charge on any atom is -0.396 e. The SMILES string of the molecule is CN(C)CCNC(=O)CC1c2nc(-c3ccccc3)sc2CC2C(C)(CO)C(O)CCC12C. The zero-order valence-corrected chi connectivity index (χ0v) is 21.0. The van der Waals surface area contributed by atoms with E-state index in [2.05, 4.69) is 29.3 Å². The summed E-state index contributed by atoms with van der Waals surface area (Å²) < 4.78 is 0. The van der Waals surface area contributed by atoms with Gasteiger partial charge in [-0.05, 0) is 44.7 Å². The Morgan fingerprint density at radius 1 is 1.27 bits per heavy atom. The molecule has 6 nitrogen and oxygen atoms in total. The average Bonchev–Trinajstić information content (AvgIpc) is 3.22. The molecule has 1 aromatic heterocycles. The van der Waals surface area contributed by atoms with E-state index in [1.54, 1.807) is 11.3 Å². The first kappa shape index (κ1) is 24.3. The first-order chi connectivity index (χ1) is 15.7. The van der Waals surface area contributed by atoms with Gasteiger partial charge in [0.25, 0.3) is 0 Å². The fraction of sp³-hybridized carbons (Fsp3) is 0.615. The van der Waals surface area contributed by atoms with Gasteiger partial charge in [-0.2, -0.15) is 0 Å². The molecule has 5 atom stereocenters. The van der Waals surface area contributed by atoms with Gasteiger partial charge in [-0.3, -0.25) is 4.79 Å². The standard InChI is InChI=1S/C26H37N3O3S/c1-25-11-10-21(31)26(2,16-30)20(25)15-19-23(18(25)14-22(32)27-12-13-29(3)4)28-24(33-19)17-8-6-5-7-9-17/h5-9,18,20-21,30-31H,10-16H2,1-4H3,(H,27,32). The lowest BCUT2D eigenvalue weighted by Gasteiger charge is -2.58. The average molecular weight is 472 g/mol. The third kappa shape index (κ3) is 4.48. The van der Waals surface area contributed by atoms with Crippen molar-refractivity contribution in [1.29, 1.82) is 0 Å². The summed E-state index contributed by atoms with van der Waals surface area (Å²) in [6.07, 6.45) is 2.07. The number of aliphatic hydroxyl groups is 2. The van der Waals surface area contributed by atoms with Gasteiger partial charge in [0, 0.05) is 41.3 Å². The molecular formula is C26H37N3O3S. The van der Waals surface area contributed by atoms with E-state index in [9.17, 15) is 15.0 Å². The molecule has 0 spiro atoms. The first-order valence-corrected chi connectivity index (χ1v) is 12.8. The van der Waals surface area contributed by atoms with Crippen molar-refractivity contribution in [3.63, 3.8) is 0 Å². The Balaban J connectivity index is 1.72. The number of likely N-dealkylation sites (N-methyl/N-ethyl adjacent to an activating group) is 1. The Hall–Kier alpha value is -1.80. The van der Waals surface area contributed by atoms with Crippen LogP contribution in [0.1, 0.15) is 49.6 Å². The van der Waals surface area contributed by atoms with Gasteiger partial charge >= 0.3 is 0 Å². The van der Waals surface area contributed by atoms with Crippen LogP contribution in [0.5, 0.6) is 0 Å². The number of rotatable bonds is 7. The molecule has 33 heavy (non-hydrogen) atoms. The molecule has 2 aliphatic carbocycles. The maximum atomic E-state index is 13.0. The Morgan fingerprint density at radius 2 is 2.00 bits per heavy atom. The van der Waals surface area contributed by atoms with Crippen molar-refractivity contribution in [2.24, 2.45) is 16.7 Å². The van der Waals surface area contributed by atoms with E-state index < -0.39 is 11.5 Å². The largest absolute Gasteiger partial charge is 0.396 e. The Kier molecular flexibility index (Phi) is 6.97. The van der Waals surface area contributed by atoms with E-state index in [4.69, 9.17) is 4.98 Å². The van der Waals surface area contributed by atoms with E-state index >= 15 is 0 Å². The highest BCUT2D eigenvalue weighted by molar-refractivity contribution is 7.15. The molecule has 3 N–H and O–H groups in total. The Morgan fingerprint density at radius 3 is 2.67 bits per heavy atom. The minimum atomic E-state index is -0.596. The predicted octanol–water partition coefficient (Wildman–Crippen LogP) is 3.29. The van der Waals surface area contributed by atoms with Gasteiger partial charge in [-0.25, -0.2) is 4.98 Å². The number of aromatic nitrogens is 1. The lowest BCUT2D eigenvalue weighted by molar-refractivity contribution is -0.144. The number of nitrogens with one attached hydrogen (secondary N) is 1. The number of carbonyl (C=O) groups is 1. The molecule has 2 aliphatic rings. The first-order valence-electron chi connectivity index (χ1n) is 11.9. The molecular weight excluding hydrogens is 434 g/mol. The molecule has 5 unspecified atom stereocenters. The predicted molar refractivity (Wildman–Crippen MR) is 132 cm³/mol. The second-order valence-corrected chi connectivity index (χ2v) is 11.7. The van der Waals surface area contributed by atoms with Crippen LogP contribution in [0.2, 0.25) is 0 Å².